The Balaban J connectivity index is 1.28. The third-order valence-electron chi connectivity index (χ3n) is 7.92. The van der Waals surface area contributed by atoms with Gasteiger partial charge in [0.1, 0.15) is 6.17 Å². The van der Waals surface area contributed by atoms with Gasteiger partial charge in [0.25, 0.3) is 0 Å². The Labute approximate surface area is 192 Å². The first-order chi connectivity index (χ1) is 15.1. The molecule has 1 aromatic carbocycles. The summed E-state index contributed by atoms with van der Waals surface area (Å²) in [4.78, 5) is 20.1. The Morgan fingerprint density at radius 2 is 1.75 bits per heavy atom. The number of hydrogen-bond acceptors (Lipinski definition) is 5. The predicted molar refractivity (Wildman–Crippen MR) is 127 cm³/mol. The fourth-order valence-corrected chi connectivity index (χ4v) is 5.27. The van der Waals surface area contributed by atoms with Gasteiger partial charge in [-0.15, -0.1) is 0 Å². The second-order valence-electron chi connectivity index (χ2n) is 11.4. The van der Waals surface area contributed by atoms with Gasteiger partial charge >= 0.3 is 7.12 Å². The van der Waals surface area contributed by atoms with Crippen molar-refractivity contribution in [3.63, 3.8) is 0 Å². The quantitative estimate of drug-likeness (QED) is 0.720. The van der Waals surface area contributed by atoms with Crippen molar-refractivity contribution in [2.45, 2.75) is 90.3 Å². The molecule has 1 N–H and O–H groups in total. The molecule has 7 heteroatoms. The summed E-state index contributed by atoms with van der Waals surface area (Å²) < 4.78 is 12.3. The van der Waals surface area contributed by atoms with Crippen LogP contribution in [-0.2, 0) is 14.1 Å². The molecular weight excluding hydrogens is 401 g/mol. The first-order valence-electron chi connectivity index (χ1n) is 12.1. The minimum Gasteiger partial charge on any atom is -0.399 e. The topological polar surface area (TPSA) is 63.2 Å². The molecule has 5 rings (SSSR count). The van der Waals surface area contributed by atoms with Crippen LogP contribution in [0.4, 0.5) is 0 Å². The van der Waals surface area contributed by atoms with Crippen molar-refractivity contribution < 1.29 is 14.1 Å². The van der Waals surface area contributed by atoms with Gasteiger partial charge in [-0.3, -0.25) is 15.1 Å². The van der Waals surface area contributed by atoms with Gasteiger partial charge in [0.15, 0.2) is 0 Å². The van der Waals surface area contributed by atoms with E-state index < -0.39 is 0 Å². The van der Waals surface area contributed by atoms with Gasteiger partial charge in [-0.2, -0.15) is 0 Å². The molecule has 3 fully saturated rings. The smallest absolute Gasteiger partial charge is 0.399 e. The first kappa shape index (κ1) is 22.1. The fourth-order valence-electron chi connectivity index (χ4n) is 5.27. The summed E-state index contributed by atoms with van der Waals surface area (Å²) in [7, 11) is -0.351. The molecule has 0 aromatic heterocycles. The van der Waals surface area contributed by atoms with E-state index in [0.717, 1.165) is 29.7 Å². The number of piperidine rings is 1. The lowest BCUT2D eigenvalue weighted by atomic mass is 9.78. The van der Waals surface area contributed by atoms with Crippen molar-refractivity contribution in [2.75, 3.05) is 6.54 Å². The van der Waals surface area contributed by atoms with Crippen LogP contribution in [0, 0.1) is 11.8 Å². The Bertz CT molecular complexity index is 911. The lowest BCUT2D eigenvalue weighted by molar-refractivity contribution is -0.134. The van der Waals surface area contributed by atoms with Gasteiger partial charge in [0.05, 0.1) is 23.0 Å². The highest BCUT2D eigenvalue weighted by molar-refractivity contribution is 6.62. The van der Waals surface area contributed by atoms with E-state index in [4.69, 9.17) is 14.3 Å². The Morgan fingerprint density at radius 3 is 2.38 bits per heavy atom. The van der Waals surface area contributed by atoms with Crippen molar-refractivity contribution in [1.29, 1.82) is 0 Å². The zero-order chi connectivity index (χ0) is 22.8. The van der Waals surface area contributed by atoms with Crippen LogP contribution in [0.3, 0.4) is 0 Å². The highest BCUT2D eigenvalue weighted by Crippen LogP contribution is 2.49. The summed E-state index contributed by atoms with van der Waals surface area (Å²) in [5.41, 5.74) is 2.51. The standard InChI is InChI=1S/C25H36BN3O3/c1-15(2)11-22(30)29-20-12-17(20)13-21(29)23-27-14-19(28-23)16-7-9-18(10-8-16)26-31-24(3,4)25(5,6)32-26/h7-10,15,17,20-21,23,27H,11-14H2,1-6H3. The monoisotopic (exact) mass is 437 g/mol. The van der Waals surface area contributed by atoms with Crippen molar-refractivity contribution >= 4 is 24.2 Å². The highest BCUT2D eigenvalue weighted by Gasteiger charge is 2.56. The number of fused-ring (bicyclic) bond motifs is 1. The van der Waals surface area contributed by atoms with E-state index in [0.29, 0.717) is 30.2 Å². The third-order valence-corrected chi connectivity index (χ3v) is 7.92. The van der Waals surface area contributed by atoms with E-state index in [9.17, 15) is 4.79 Å². The summed E-state index contributed by atoms with van der Waals surface area (Å²) in [6.07, 6.45) is 2.87. The van der Waals surface area contributed by atoms with E-state index in [1.807, 2.05) is 0 Å². The maximum Gasteiger partial charge on any atom is 0.494 e. The summed E-state index contributed by atoms with van der Waals surface area (Å²) in [6.45, 7) is 13.3. The number of benzene rings is 1. The number of aliphatic imine (C=N–C) groups is 1. The number of amides is 1. The largest absolute Gasteiger partial charge is 0.494 e. The van der Waals surface area contributed by atoms with Crippen molar-refractivity contribution in [3.05, 3.63) is 29.8 Å². The molecule has 1 aliphatic carbocycles. The Hall–Kier alpha value is -1.70. The van der Waals surface area contributed by atoms with E-state index in [2.05, 4.69) is 76.0 Å². The Kier molecular flexibility index (Phi) is 5.30. The van der Waals surface area contributed by atoms with Gasteiger partial charge in [0.2, 0.25) is 5.91 Å². The minimum absolute atomic E-state index is 0.00307. The number of likely N-dealkylation sites (tertiary alicyclic amines) is 1. The van der Waals surface area contributed by atoms with Gasteiger partial charge in [-0.25, -0.2) is 0 Å². The number of carbonyl (C=O) groups excluding carboxylic acids is 1. The van der Waals surface area contributed by atoms with Crippen LogP contribution < -0.4 is 10.8 Å². The molecular formula is C25H36BN3O3. The van der Waals surface area contributed by atoms with Crippen LogP contribution in [0.5, 0.6) is 0 Å². The predicted octanol–water partition coefficient (Wildman–Crippen LogP) is 2.74. The normalized spacial score (nSPS) is 32.4. The number of nitrogens with zero attached hydrogens (tertiary/aromatic N) is 2. The second-order valence-corrected chi connectivity index (χ2v) is 11.4. The SMILES string of the molecule is CC(C)CC(=O)N1C2CC2CC1C1N=C(c2ccc(B3OC(C)(C)C(C)(C)O3)cc2)CN1. The number of carbonyl (C=O) groups is 1. The Morgan fingerprint density at radius 1 is 1.12 bits per heavy atom. The zero-order valence-electron chi connectivity index (χ0n) is 20.2. The minimum atomic E-state index is -0.351. The molecule has 172 valence electrons. The molecule has 0 bridgehead atoms. The van der Waals surface area contributed by atoms with Gasteiger partial charge < -0.3 is 14.2 Å². The van der Waals surface area contributed by atoms with E-state index in [1.165, 1.54) is 6.42 Å². The maximum absolute atomic E-state index is 12.9. The molecule has 3 heterocycles. The van der Waals surface area contributed by atoms with E-state index >= 15 is 0 Å². The molecule has 1 amide bonds. The summed E-state index contributed by atoms with van der Waals surface area (Å²) in [6, 6.07) is 9.01. The van der Waals surface area contributed by atoms with Crippen LogP contribution in [-0.4, -0.2) is 59.6 Å². The van der Waals surface area contributed by atoms with E-state index in [-0.39, 0.29) is 30.5 Å². The fraction of sp³-hybridized carbons (Fsp3) is 0.680. The number of rotatable bonds is 5. The molecule has 1 aromatic rings. The van der Waals surface area contributed by atoms with E-state index in [1.54, 1.807) is 0 Å². The average Bonchev–Trinajstić information content (AvgIpc) is 3.07. The highest BCUT2D eigenvalue weighted by atomic mass is 16.7. The van der Waals surface area contributed by atoms with Crippen LogP contribution in [0.1, 0.15) is 66.4 Å². The van der Waals surface area contributed by atoms with Gasteiger partial charge in [-0.1, -0.05) is 38.1 Å². The summed E-state index contributed by atoms with van der Waals surface area (Å²) >= 11 is 0. The molecule has 2 saturated heterocycles. The number of nitrogens with one attached hydrogen (secondary N) is 1. The molecule has 4 aliphatic rings. The third kappa shape index (κ3) is 3.82. The number of hydrogen-bond donors (Lipinski definition) is 1. The van der Waals surface area contributed by atoms with Crippen LogP contribution in [0.2, 0.25) is 0 Å². The molecule has 6 nitrogen and oxygen atoms in total. The summed E-state index contributed by atoms with van der Waals surface area (Å²) in [5.74, 6) is 1.36. The van der Waals surface area contributed by atoms with Crippen molar-refractivity contribution in [1.82, 2.24) is 10.2 Å². The average molecular weight is 437 g/mol. The molecule has 32 heavy (non-hydrogen) atoms. The molecule has 4 atom stereocenters. The van der Waals surface area contributed by atoms with Gasteiger partial charge in [0, 0.05) is 19.0 Å². The van der Waals surface area contributed by atoms with Crippen molar-refractivity contribution in [2.24, 2.45) is 16.8 Å². The van der Waals surface area contributed by atoms with Gasteiger partial charge in [-0.05, 0) is 63.4 Å². The lowest BCUT2D eigenvalue weighted by Gasteiger charge is -2.32. The van der Waals surface area contributed by atoms with Crippen LogP contribution in [0.25, 0.3) is 0 Å². The summed E-state index contributed by atoms with van der Waals surface area (Å²) in [5, 5.41) is 3.57. The first-order valence-corrected chi connectivity index (χ1v) is 12.1. The maximum atomic E-state index is 12.9. The molecule has 4 unspecified atom stereocenters. The second kappa shape index (κ2) is 7.68. The molecule has 3 aliphatic heterocycles. The molecule has 0 radical (unpaired) electrons. The zero-order valence-corrected chi connectivity index (χ0v) is 20.2. The lowest BCUT2D eigenvalue weighted by Crippen LogP contribution is -2.48. The van der Waals surface area contributed by atoms with Crippen LogP contribution in [0.15, 0.2) is 29.3 Å². The van der Waals surface area contributed by atoms with Crippen molar-refractivity contribution in [3.8, 4) is 0 Å². The molecule has 1 saturated carbocycles. The molecule has 0 spiro atoms. The van der Waals surface area contributed by atoms with Crippen LogP contribution >= 0.6 is 0 Å².